The fraction of sp³-hybridized carbons (Fsp3) is 0.500. The van der Waals surface area contributed by atoms with Gasteiger partial charge in [0, 0.05) is 38.1 Å². The summed E-state index contributed by atoms with van der Waals surface area (Å²) in [6.07, 6.45) is 1.39. The van der Waals surface area contributed by atoms with Gasteiger partial charge < -0.3 is 24.2 Å². The van der Waals surface area contributed by atoms with E-state index in [1.54, 1.807) is 22.3 Å². The summed E-state index contributed by atoms with van der Waals surface area (Å²) in [7, 11) is 1.60. The fourth-order valence-electron chi connectivity index (χ4n) is 3.81. The molecule has 35 heavy (non-hydrogen) atoms. The van der Waals surface area contributed by atoms with Crippen molar-refractivity contribution in [3.8, 4) is 5.75 Å². The topological polar surface area (TPSA) is 92.3 Å². The van der Waals surface area contributed by atoms with Gasteiger partial charge in [0.05, 0.1) is 13.2 Å². The van der Waals surface area contributed by atoms with E-state index in [2.05, 4.69) is 4.98 Å². The van der Waals surface area contributed by atoms with E-state index in [1.165, 1.54) is 28.0 Å². The van der Waals surface area contributed by atoms with Crippen molar-refractivity contribution >= 4 is 40.8 Å². The van der Waals surface area contributed by atoms with E-state index < -0.39 is 6.10 Å². The van der Waals surface area contributed by atoms with E-state index >= 15 is 0 Å². The molecule has 3 amide bonds. The summed E-state index contributed by atoms with van der Waals surface area (Å²) in [6, 6.07) is 7.49. The third-order valence-electron chi connectivity index (χ3n) is 5.78. The van der Waals surface area contributed by atoms with Crippen molar-refractivity contribution in [2.45, 2.75) is 30.8 Å². The molecule has 0 radical (unpaired) electrons. The summed E-state index contributed by atoms with van der Waals surface area (Å²) in [6.45, 7) is 5.67. The number of carbonyl (C=O) groups is 3. The summed E-state index contributed by atoms with van der Waals surface area (Å²) in [5.74, 6) is 0.117. The Labute approximate surface area is 214 Å². The minimum absolute atomic E-state index is 0.0784. The number of hydrogen-bond acceptors (Lipinski definition) is 8. The number of amides is 3. The molecule has 2 heterocycles. The smallest absolute Gasteiger partial charge is 0.273 e. The molecule has 9 nitrogen and oxygen atoms in total. The van der Waals surface area contributed by atoms with E-state index in [1.807, 2.05) is 44.4 Å². The minimum atomic E-state index is -0.512. The summed E-state index contributed by atoms with van der Waals surface area (Å²) < 4.78 is 12.0. The van der Waals surface area contributed by atoms with Crippen LogP contribution in [0.4, 0.5) is 0 Å². The van der Waals surface area contributed by atoms with Crippen LogP contribution in [0.15, 0.2) is 34.0 Å². The number of nitrogens with zero attached hydrogens (tertiary/aromatic N) is 4. The second-order valence-electron chi connectivity index (χ2n) is 8.01. The molecule has 1 aliphatic rings. The summed E-state index contributed by atoms with van der Waals surface area (Å²) in [4.78, 5) is 48.1. The Kier molecular flexibility index (Phi) is 9.93. The first-order chi connectivity index (χ1) is 16.9. The number of likely N-dealkylation sites (N-methyl/N-ethyl adjacent to an activating group) is 1. The van der Waals surface area contributed by atoms with Crippen LogP contribution in [0, 0.1) is 0 Å². The zero-order valence-corrected chi connectivity index (χ0v) is 22.2. The van der Waals surface area contributed by atoms with Crippen LogP contribution in [0.3, 0.4) is 0 Å². The number of benzene rings is 1. The first-order valence-electron chi connectivity index (χ1n) is 11.5. The van der Waals surface area contributed by atoms with E-state index in [4.69, 9.17) is 9.47 Å². The van der Waals surface area contributed by atoms with Gasteiger partial charge in [-0.1, -0.05) is 23.9 Å². The van der Waals surface area contributed by atoms with Crippen molar-refractivity contribution in [1.29, 1.82) is 0 Å². The van der Waals surface area contributed by atoms with Crippen LogP contribution in [0.5, 0.6) is 5.75 Å². The summed E-state index contributed by atoms with van der Waals surface area (Å²) in [5, 5.41) is 1.71. The Morgan fingerprint density at radius 1 is 1.20 bits per heavy atom. The SMILES string of the molecule is CCN(CC)C(=O)COC1CN(Cc2ccc(OC)cc2)C(=O)CN(C(=O)c2csc(SC)n2)C1. The summed E-state index contributed by atoms with van der Waals surface area (Å²) >= 11 is 2.86. The van der Waals surface area contributed by atoms with Gasteiger partial charge in [-0.3, -0.25) is 14.4 Å². The highest BCUT2D eigenvalue weighted by Crippen LogP contribution is 2.22. The van der Waals surface area contributed by atoms with Gasteiger partial charge in [0.15, 0.2) is 0 Å². The normalized spacial score (nSPS) is 16.2. The maximum Gasteiger partial charge on any atom is 0.273 e. The Hall–Kier alpha value is -2.63. The molecular weight excluding hydrogens is 488 g/mol. The number of hydrogen-bond donors (Lipinski definition) is 0. The van der Waals surface area contributed by atoms with Crippen molar-refractivity contribution < 1.29 is 23.9 Å². The molecule has 2 aromatic rings. The average Bonchev–Trinajstić information content (AvgIpc) is 3.30. The van der Waals surface area contributed by atoms with E-state index in [0.717, 1.165) is 15.7 Å². The van der Waals surface area contributed by atoms with Gasteiger partial charge in [-0.2, -0.15) is 0 Å². The number of aromatic nitrogens is 1. The summed E-state index contributed by atoms with van der Waals surface area (Å²) in [5.41, 5.74) is 1.25. The molecule has 0 N–H and O–H groups in total. The van der Waals surface area contributed by atoms with Gasteiger partial charge in [0.25, 0.3) is 5.91 Å². The van der Waals surface area contributed by atoms with E-state index in [-0.39, 0.29) is 44.0 Å². The molecule has 3 rings (SSSR count). The van der Waals surface area contributed by atoms with Crippen LogP contribution in [-0.4, -0.2) is 96.2 Å². The number of methoxy groups -OCH3 is 1. The maximum absolute atomic E-state index is 13.2. The van der Waals surface area contributed by atoms with E-state index in [0.29, 0.717) is 25.3 Å². The Morgan fingerprint density at radius 3 is 2.51 bits per heavy atom. The highest BCUT2D eigenvalue weighted by Gasteiger charge is 2.32. The molecule has 1 aromatic carbocycles. The van der Waals surface area contributed by atoms with E-state index in [9.17, 15) is 14.4 Å². The average molecular weight is 521 g/mol. The standard InChI is InChI=1S/C24H32N4O5S2/c1-5-26(6-2)22(30)15-33-19-12-27(11-17-7-9-18(32-3)10-8-17)21(29)14-28(13-19)23(31)20-16-35-24(25-20)34-4/h7-10,16,19H,5-6,11-15H2,1-4H3. The van der Waals surface area contributed by atoms with Crippen molar-refractivity contribution in [3.05, 3.63) is 40.9 Å². The zero-order chi connectivity index (χ0) is 25.4. The minimum Gasteiger partial charge on any atom is -0.497 e. The predicted octanol–water partition coefficient (Wildman–Crippen LogP) is 2.61. The van der Waals surface area contributed by atoms with Gasteiger partial charge in [-0.15, -0.1) is 11.3 Å². The first kappa shape index (κ1) is 27.0. The molecule has 0 bridgehead atoms. The fourth-order valence-corrected chi connectivity index (χ4v) is 5.05. The lowest BCUT2D eigenvalue weighted by atomic mass is 10.2. The van der Waals surface area contributed by atoms with Crippen molar-refractivity contribution in [1.82, 2.24) is 19.7 Å². The molecule has 0 saturated carbocycles. The van der Waals surface area contributed by atoms with Crippen molar-refractivity contribution in [3.63, 3.8) is 0 Å². The highest BCUT2D eigenvalue weighted by atomic mass is 32.2. The van der Waals surface area contributed by atoms with Gasteiger partial charge >= 0.3 is 0 Å². The number of carbonyl (C=O) groups excluding carboxylic acids is 3. The maximum atomic E-state index is 13.2. The number of rotatable bonds is 10. The lowest BCUT2D eigenvalue weighted by molar-refractivity contribution is -0.138. The lowest BCUT2D eigenvalue weighted by Crippen LogP contribution is -2.41. The molecule has 0 spiro atoms. The molecule has 1 fully saturated rings. The monoisotopic (exact) mass is 520 g/mol. The molecule has 1 atom stereocenters. The van der Waals surface area contributed by atoms with Crippen LogP contribution in [-0.2, 0) is 20.9 Å². The molecule has 0 aliphatic carbocycles. The van der Waals surface area contributed by atoms with Crippen LogP contribution in [0.25, 0.3) is 0 Å². The third-order valence-corrected chi connectivity index (χ3v) is 7.65. The third kappa shape index (κ3) is 7.18. The number of ether oxygens (including phenoxy) is 2. The molecule has 1 saturated heterocycles. The van der Waals surface area contributed by atoms with Crippen molar-refractivity contribution in [2.24, 2.45) is 0 Å². The first-order valence-corrected chi connectivity index (χ1v) is 13.6. The van der Waals surface area contributed by atoms with Gasteiger partial charge in [0.2, 0.25) is 11.8 Å². The number of thioether (sulfide) groups is 1. The largest absolute Gasteiger partial charge is 0.497 e. The van der Waals surface area contributed by atoms with Crippen LogP contribution >= 0.6 is 23.1 Å². The Balaban J connectivity index is 1.78. The number of thiazole rings is 1. The van der Waals surface area contributed by atoms with Gasteiger partial charge in [-0.25, -0.2) is 4.98 Å². The predicted molar refractivity (Wildman–Crippen MR) is 136 cm³/mol. The quantitative estimate of drug-likeness (QED) is 0.445. The molecular formula is C24H32N4O5S2. The van der Waals surface area contributed by atoms with Crippen LogP contribution in [0.2, 0.25) is 0 Å². The van der Waals surface area contributed by atoms with Crippen LogP contribution < -0.4 is 4.74 Å². The Bertz CT molecular complexity index is 1010. The molecule has 1 aromatic heterocycles. The highest BCUT2D eigenvalue weighted by molar-refractivity contribution is 8.00. The molecule has 190 valence electrons. The van der Waals surface area contributed by atoms with Gasteiger partial charge in [0.1, 0.15) is 28.9 Å². The molecule has 11 heteroatoms. The lowest BCUT2D eigenvalue weighted by Gasteiger charge is -2.26. The zero-order valence-electron chi connectivity index (χ0n) is 20.6. The van der Waals surface area contributed by atoms with Crippen LogP contribution in [0.1, 0.15) is 29.9 Å². The molecule has 1 unspecified atom stereocenters. The molecule has 1 aliphatic heterocycles. The van der Waals surface area contributed by atoms with Crippen molar-refractivity contribution in [2.75, 3.05) is 52.7 Å². The van der Waals surface area contributed by atoms with Gasteiger partial charge in [-0.05, 0) is 37.8 Å². The second kappa shape index (κ2) is 12.9. The Morgan fingerprint density at radius 2 is 1.91 bits per heavy atom. The second-order valence-corrected chi connectivity index (χ2v) is 9.92.